The molecule has 0 saturated carbocycles. The summed E-state index contributed by atoms with van der Waals surface area (Å²) >= 11 is 3.93. The van der Waals surface area contributed by atoms with Crippen molar-refractivity contribution in [2.75, 3.05) is 0 Å². The number of nitrogens with zero attached hydrogens (tertiary/aromatic N) is 1. The molecule has 0 fully saturated rings. The minimum Gasteiger partial charge on any atom is -0.309 e. The Kier molecular flexibility index (Phi) is 6.30. The van der Waals surface area contributed by atoms with E-state index < -0.39 is 0 Å². The highest BCUT2D eigenvalue weighted by Gasteiger charge is 2.22. The average molecular weight is 519 g/mol. The minimum atomic E-state index is 0.109. The van der Waals surface area contributed by atoms with Gasteiger partial charge in [-0.2, -0.15) is 0 Å². The second kappa shape index (κ2) is 8.55. The summed E-state index contributed by atoms with van der Waals surface area (Å²) in [6, 6.07) is 18.9. The number of rotatable bonds is 3. The van der Waals surface area contributed by atoms with Gasteiger partial charge in [0.05, 0.1) is 11.0 Å². The average Bonchev–Trinajstić information content (AvgIpc) is 3.05. The molecule has 0 bridgehead atoms. The molecule has 0 N–H and O–H groups in total. The molecule has 0 atom stereocenters. The summed E-state index contributed by atoms with van der Waals surface area (Å²) in [5, 5.41) is 2.68. The number of halogens is 1. The Hall–Kier alpha value is -2.06. The van der Waals surface area contributed by atoms with Crippen molar-refractivity contribution in [1.82, 2.24) is 4.57 Å². The first-order valence-electron chi connectivity index (χ1n) is 12.6. The summed E-state index contributed by atoms with van der Waals surface area (Å²) in [7, 11) is 0. The molecule has 0 aliphatic rings. The third-order valence-electron chi connectivity index (χ3n) is 7.11. The topological polar surface area (TPSA) is 4.93 Å². The molecule has 0 spiro atoms. The highest BCUT2D eigenvalue weighted by atomic mass is 79.9. The van der Waals surface area contributed by atoms with E-state index in [1.54, 1.807) is 0 Å². The highest BCUT2D eigenvalue weighted by Crippen LogP contribution is 2.40. The molecular weight excluding hydrogens is 478 g/mol. The lowest BCUT2D eigenvalue weighted by Crippen LogP contribution is -2.10. The van der Waals surface area contributed by atoms with Gasteiger partial charge in [0.25, 0.3) is 0 Å². The molecule has 1 heterocycles. The second-order valence-electron chi connectivity index (χ2n) is 12.5. The lowest BCUT2D eigenvalue weighted by atomic mass is 9.85. The maximum absolute atomic E-state index is 3.93. The van der Waals surface area contributed by atoms with E-state index in [4.69, 9.17) is 0 Å². The Morgan fingerprint density at radius 2 is 1.00 bits per heavy atom. The van der Waals surface area contributed by atoms with E-state index in [0.29, 0.717) is 11.8 Å². The van der Waals surface area contributed by atoms with Crippen LogP contribution in [-0.2, 0) is 10.8 Å². The van der Waals surface area contributed by atoms with E-state index in [2.05, 4.69) is 138 Å². The van der Waals surface area contributed by atoms with Gasteiger partial charge in [-0.05, 0) is 81.3 Å². The molecule has 1 aromatic heterocycles. The van der Waals surface area contributed by atoms with Gasteiger partial charge in [-0.15, -0.1) is 0 Å². The van der Waals surface area contributed by atoms with Gasteiger partial charge in [-0.3, -0.25) is 0 Å². The van der Waals surface area contributed by atoms with E-state index in [9.17, 15) is 0 Å². The van der Waals surface area contributed by atoms with Crippen LogP contribution < -0.4 is 0 Å². The number of hydrogen-bond donors (Lipinski definition) is 0. The van der Waals surface area contributed by atoms with Crippen LogP contribution in [-0.4, -0.2) is 4.57 Å². The largest absolute Gasteiger partial charge is 0.309 e. The number of aromatic nitrogens is 1. The summed E-state index contributed by atoms with van der Waals surface area (Å²) in [4.78, 5) is 0. The first kappa shape index (κ1) is 25.0. The third kappa shape index (κ3) is 4.35. The zero-order valence-corrected chi connectivity index (χ0v) is 24.2. The maximum Gasteiger partial charge on any atom is 0.0541 e. The Bertz CT molecular complexity index is 1270. The van der Waals surface area contributed by atoms with Crippen molar-refractivity contribution in [3.8, 4) is 5.69 Å². The summed E-state index contributed by atoms with van der Waals surface area (Å²) < 4.78 is 3.74. The fourth-order valence-corrected chi connectivity index (χ4v) is 6.00. The molecule has 1 nitrogen and oxygen atoms in total. The van der Waals surface area contributed by atoms with Crippen LogP contribution in [0.1, 0.15) is 103 Å². The first-order chi connectivity index (χ1) is 15.7. The van der Waals surface area contributed by atoms with Crippen LogP contribution >= 0.6 is 15.9 Å². The van der Waals surface area contributed by atoms with E-state index in [1.165, 1.54) is 54.2 Å². The van der Waals surface area contributed by atoms with Crippen LogP contribution in [0.2, 0.25) is 0 Å². The summed E-state index contributed by atoms with van der Waals surface area (Å²) in [6.07, 6.45) is 0. The number of hydrogen-bond acceptors (Lipinski definition) is 0. The van der Waals surface area contributed by atoms with Gasteiger partial charge in [-0.25, -0.2) is 0 Å². The molecule has 0 saturated heterocycles. The summed E-state index contributed by atoms with van der Waals surface area (Å²) in [5.74, 6) is 0.889. The molecule has 4 aromatic rings. The molecule has 180 valence electrons. The van der Waals surface area contributed by atoms with E-state index in [-0.39, 0.29) is 10.8 Å². The maximum atomic E-state index is 3.93. The van der Waals surface area contributed by atoms with Crippen molar-refractivity contribution in [3.63, 3.8) is 0 Å². The van der Waals surface area contributed by atoms with Crippen molar-refractivity contribution in [1.29, 1.82) is 0 Å². The Balaban J connectivity index is 2.15. The van der Waals surface area contributed by atoms with Crippen LogP contribution in [0.3, 0.4) is 0 Å². The number of fused-ring (bicyclic) bond motifs is 3. The van der Waals surface area contributed by atoms with Gasteiger partial charge in [0.15, 0.2) is 0 Å². The summed E-state index contributed by atoms with van der Waals surface area (Å²) in [5.41, 5.74) is 9.52. The normalized spacial score (nSPS) is 13.1. The lowest BCUT2D eigenvalue weighted by molar-refractivity contribution is 0.590. The van der Waals surface area contributed by atoms with Crippen molar-refractivity contribution >= 4 is 37.7 Å². The van der Waals surface area contributed by atoms with Gasteiger partial charge < -0.3 is 4.57 Å². The predicted molar refractivity (Wildman–Crippen MR) is 154 cm³/mol. The molecule has 34 heavy (non-hydrogen) atoms. The quantitative estimate of drug-likeness (QED) is 0.254. The smallest absolute Gasteiger partial charge is 0.0541 e. The SMILES string of the molecule is CC(C)c1cc(-n2c3ccc(C(C)(C)C)cc3c3cc(C(C)(C)C)ccc32)cc(C(C)C)c1Br. The molecular formula is C32H40BrN. The lowest BCUT2D eigenvalue weighted by Gasteiger charge is -2.21. The van der Waals surface area contributed by atoms with E-state index in [1.807, 2.05) is 0 Å². The van der Waals surface area contributed by atoms with Crippen molar-refractivity contribution < 1.29 is 0 Å². The van der Waals surface area contributed by atoms with Crippen LogP contribution in [0, 0.1) is 0 Å². The highest BCUT2D eigenvalue weighted by molar-refractivity contribution is 9.10. The number of benzene rings is 3. The monoisotopic (exact) mass is 517 g/mol. The molecule has 0 aliphatic carbocycles. The van der Waals surface area contributed by atoms with Gasteiger partial charge in [0.2, 0.25) is 0 Å². The molecule has 3 aromatic carbocycles. The van der Waals surface area contributed by atoms with Crippen LogP contribution in [0.5, 0.6) is 0 Å². The van der Waals surface area contributed by atoms with Gasteiger partial charge in [0.1, 0.15) is 0 Å². The van der Waals surface area contributed by atoms with Crippen molar-refractivity contribution in [3.05, 3.63) is 75.3 Å². The molecule has 0 amide bonds. The van der Waals surface area contributed by atoms with Crippen LogP contribution in [0.15, 0.2) is 53.0 Å². The molecule has 0 aliphatic heterocycles. The zero-order valence-electron chi connectivity index (χ0n) is 22.6. The van der Waals surface area contributed by atoms with Gasteiger partial charge >= 0.3 is 0 Å². The van der Waals surface area contributed by atoms with E-state index in [0.717, 1.165) is 0 Å². The molecule has 2 heteroatoms. The molecule has 4 rings (SSSR count). The Morgan fingerprint density at radius 1 is 0.618 bits per heavy atom. The van der Waals surface area contributed by atoms with E-state index >= 15 is 0 Å². The first-order valence-corrected chi connectivity index (χ1v) is 13.4. The van der Waals surface area contributed by atoms with Crippen LogP contribution in [0.4, 0.5) is 0 Å². The fourth-order valence-electron chi connectivity index (χ4n) is 4.86. The van der Waals surface area contributed by atoms with Gasteiger partial charge in [0, 0.05) is 20.9 Å². The fraction of sp³-hybridized carbons (Fsp3) is 0.438. The Labute approximate surface area is 214 Å². The second-order valence-corrected chi connectivity index (χ2v) is 13.3. The summed E-state index contributed by atoms with van der Waals surface area (Å²) in [6.45, 7) is 22.9. The zero-order chi connectivity index (χ0) is 25.2. The minimum absolute atomic E-state index is 0.109. The third-order valence-corrected chi connectivity index (χ3v) is 8.03. The predicted octanol–water partition coefficient (Wildman–Crippen LogP) is 10.4. The van der Waals surface area contributed by atoms with Gasteiger partial charge in [-0.1, -0.05) is 97.3 Å². The Morgan fingerprint density at radius 3 is 1.32 bits per heavy atom. The van der Waals surface area contributed by atoms with Crippen LogP contribution in [0.25, 0.3) is 27.5 Å². The molecule has 0 unspecified atom stereocenters. The standard InChI is InChI=1S/C32H40BrN/c1-19(2)24-17-23(18-25(20(3)4)30(24)33)34-28-13-11-21(31(5,6)7)15-26(28)27-16-22(32(8,9)10)12-14-29(27)34/h11-20H,1-10H3. The molecule has 0 radical (unpaired) electrons. The van der Waals surface area contributed by atoms with Crippen molar-refractivity contribution in [2.24, 2.45) is 0 Å². The van der Waals surface area contributed by atoms with Crippen molar-refractivity contribution in [2.45, 2.75) is 91.9 Å².